The molecule has 0 saturated heterocycles. The minimum atomic E-state index is -0.813. The van der Waals surface area contributed by atoms with Crippen LogP contribution >= 0.6 is 0 Å². The van der Waals surface area contributed by atoms with Crippen molar-refractivity contribution >= 4 is 18.0 Å². The Hall–Kier alpha value is -3.35. The molecule has 4 rings (SSSR count). The number of carbonyl (C=O) groups excluding carboxylic acids is 2. The van der Waals surface area contributed by atoms with Crippen molar-refractivity contribution in [2.24, 2.45) is 5.92 Å². The third kappa shape index (κ3) is 4.77. The van der Waals surface area contributed by atoms with Crippen molar-refractivity contribution in [2.75, 3.05) is 6.61 Å². The molecule has 7 nitrogen and oxygen atoms in total. The molecule has 7 heteroatoms. The summed E-state index contributed by atoms with van der Waals surface area (Å²) in [6, 6.07) is 15.8. The van der Waals surface area contributed by atoms with Crippen LogP contribution < -0.4 is 10.6 Å². The van der Waals surface area contributed by atoms with Crippen molar-refractivity contribution < 1.29 is 24.2 Å². The fraction of sp³-hybridized carbons (Fsp3) is 0.400. The first kappa shape index (κ1) is 21.9. The van der Waals surface area contributed by atoms with Gasteiger partial charge in [0.2, 0.25) is 5.91 Å². The van der Waals surface area contributed by atoms with E-state index in [2.05, 4.69) is 34.9 Å². The van der Waals surface area contributed by atoms with Crippen molar-refractivity contribution in [2.45, 2.75) is 50.6 Å². The van der Waals surface area contributed by atoms with E-state index < -0.39 is 24.0 Å². The van der Waals surface area contributed by atoms with Crippen LogP contribution in [-0.2, 0) is 14.3 Å². The van der Waals surface area contributed by atoms with E-state index in [9.17, 15) is 14.4 Å². The summed E-state index contributed by atoms with van der Waals surface area (Å²) in [5, 5.41) is 14.7. The van der Waals surface area contributed by atoms with Crippen LogP contribution in [0.5, 0.6) is 0 Å². The highest BCUT2D eigenvalue weighted by Gasteiger charge is 2.31. The third-order valence-corrected chi connectivity index (χ3v) is 6.35. The molecule has 2 aromatic carbocycles. The summed E-state index contributed by atoms with van der Waals surface area (Å²) in [6.45, 7) is 1.97. The maximum atomic E-state index is 12.3. The minimum Gasteiger partial charge on any atom is -0.481 e. The molecule has 0 bridgehead atoms. The van der Waals surface area contributed by atoms with E-state index >= 15 is 0 Å². The van der Waals surface area contributed by atoms with Crippen LogP contribution in [0.4, 0.5) is 4.79 Å². The minimum absolute atomic E-state index is 0.0173. The summed E-state index contributed by atoms with van der Waals surface area (Å²) in [4.78, 5) is 35.7. The first-order valence-electron chi connectivity index (χ1n) is 11.1. The number of carboxylic acid groups (broad SMARTS) is 1. The maximum Gasteiger partial charge on any atom is 0.407 e. The van der Waals surface area contributed by atoms with Crippen LogP contribution in [0.15, 0.2) is 48.5 Å². The number of nitrogens with one attached hydrogen (secondary N) is 2. The van der Waals surface area contributed by atoms with Gasteiger partial charge in [0.1, 0.15) is 6.61 Å². The number of amides is 2. The zero-order valence-corrected chi connectivity index (χ0v) is 18.0. The lowest BCUT2D eigenvalue weighted by Crippen LogP contribution is -2.40. The number of hydrogen-bond acceptors (Lipinski definition) is 4. The number of alkyl carbamates (subject to hydrolysis) is 1. The van der Waals surface area contributed by atoms with E-state index in [1.54, 1.807) is 6.92 Å². The SMILES string of the molecule is CC(CC(=O)NC1CCC(C(=O)O)C1)NC(=O)OCC1c2ccccc2-c2ccccc21. The molecule has 2 aromatic rings. The fourth-order valence-corrected chi connectivity index (χ4v) is 4.79. The first-order valence-corrected chi connectivity index (χ1v) is 11.1. The summed E-state index contributed by atoms with van der Waals surface area (Å²) in [5.74, 6) is -1.42. The first-order chi connectivity index (χ1) is 15.4. The van der Waals surface area contributed by atoms with Crippen LogP contribution in [0.2, 0.25) is 0 Å². The molecule has 0 aliphatic heterocycles. The molecule has 32 heavy (non-hydrogen) atoms. The van der Waals surface area contributed by atoms with E-state index in [-0.39, 0.29) is 30.9 Å². The van der Waals surface area contributed by atoms with E-state index in [4.69, 9.17) is 9.84 Å². The molecule has 0 aromatic heterocycles. The smallest absolute Gasteiger partial charge is 0.407 e. The molecule has 3 unspecified atom stereocenters. The van der Waals surface area contributed by atoms with Crippen molar-refractivity contribution in [1.29, 1.82) is 0 Å². The summed E-state index contributed by atoms with van der Waals surface area (Å²) < 4.78 is 5.52. The number of ether oxygens (including phenoxy) is 1. The number of benzene rings is 2. The lowest BCUT2D eigenvalue weighted by molar-refractivity contribution is -0.141. The highest BCUT2D eigenvalue weighted by Crippen LogP contribution is 2.44. The third-order valence-electron chi connectivity index (χ3n) is 6.35. The van der Waals surface area contributed by atoms with Gasteiger partial charge in [-0.3, -0.25) is 9.59 Å². The molecule has 0 radical (unpaired) electrons. The van der Waals surface area contributed by atoms with Gasteiger partial charge in [0.15, 0.2) is 0 Å². The molecule has 3 N–H and O–H groups in total. The van der Waals surface area contributed by atoms with E-state index in [1.807, 2.05) is 24.3 Å². The largest absolute Gasteiger partial charge is 0.481 e. The van der Waals surface area contributed by atoms with Gasteiger partial charge >= 0.3 is 12.1 Å². The van der Waals surface area contributed by atoms with Crippen molar-refractivity contribution in [3.63, 3.8) is 0 Å². The zero-order valence-electron chi connectivity index (χ0n) is 18.0. The van der Waals surface area contributed by atoms with Crippen LogP contribution in [-0.4, -0.2) is 41.8 Å². The van der Waals surface area contributed by atoms with Crippen molar-refractivity contribution in [3.8, 4) is 11.1 Å². The van der Waals surface area contributed by atoms with E-state index in [0.29, 0.717) is 19.3 Å². The molecule has 1 fully saturated rings. The van der Waals surface area contributed by atoms with E-state index in [0.717, 1.165) is 11.1 Å². The van der Waals surface area contributed by atoms with Crippen LogP contribution in [0.3, 0.4) is 0 Å². The monoisotopic (exact) mass is 436 g/mol. The van der Waals surface area contributed by atoms with Crippen LogP contribution in [0.25, 0.3) is 11.1 Å². The van der Waals surface area contributed by atoms with E-state index in [1.165, 1.54) is 11.1 Å². The molecule has 0 spiro atoms. The van der Waals surface area contributed by atoms with Crippen LogP contribution in [0.1, 0.15) is 49.7 Å². The average molecular weight is 437 g/mol. The molecule has 2 aliphatic rings. The van der Waals surface area contributed by atoms with Gasteiger partial charge < -0.3 is 20.5 Å². The summed E-state index contributed by atoms with van der Waals surface area (Å²) in [6.07, 6.45) is 1.25. The average Bonchev–Trinajstić information content (AvgIpc) is 3.35. The highest BCUT2D eigenvalue weighted by atomic mass is 16.5. The van der Waals surface area contributed by atoms with Gasteiger partial charge in [0.05, 0.1) is 5.92 Å². The lowest BCUT2D eigenvalue weighted by atomic mass is 9.98. The van der Waals surface area contributed by atoms with Gasteiger partial charge in [-0.1, -0.05) is 48.5 Å². The zero-order chi connectivity index (χ0) is 22.7. The maximum absolute atomic E-state index is 12.3. The van der Waals surface area contributed by atoms with Crippen LogP contribution in [0, 0.1) is 5.92 Å². The molecule has 0 heterocycles. The van der Waals surface area contributed by atoms with Gasteiger partial charge in [-0.05, 0) is 48.4 Å². The summed E-state index contributed by atoms with van der Waals surface area (Å²) in [5.41, 5.74) is 4.62. The Bertz CT molecular complexity index is 975. The second-order valence-electron chi connectivity index (χ2n) is 8.69. The summed E-state index contributed by atoms with van der Waals surface area (Å²) in [7, 11) is 0. The Morgan fingerprint density at radius 3 is 2.25 bits per heavy atom. The van der Waals surface area contributed by atoms with Gasteiger partial charge in [0, 0.05) is 24.4 Å². The Morgan fingerprint density at radius 1 is 1.03 bits per heavy atom. The number of carboxylic acids is 1. The Labute approximate surface area is 187 Å². The van der Waals surface area contributed by atoms with Crippen molar-refractivity contribution in [1.82, 2.24) is 10.6 Å². The summed E-state index contributed by atoms with van der Waals surface area (Å²) >= 11 is 0. The highest BCUT2D eigenvalue weighted by molar-refractivity contribution is 5.80. The molecule has 2 aliphatic carbocycles. The molecule has 2 amide bonds. The number of aliphatic carboxylic acids is 1. The van der Waals surface area contributed by atoms with Gasteiger partial charge in [-0.25, -0.2) is 4.79 Å². The number of rotatable bonds is 7. The molecular formula is C25H28N2O5. The molecule has 168 valence electrons. The Kier molecular flexibility index (Phi) is 6.44. The molecular weight excluding hydrogens is 408 g/mol. The number of hydrogen-bond donors (Lipinski definition) is 3. The fourth-order valence-electron chi connectivity index (χ4n) is 4.79. The van der Waals surface area contributed by atoms with Crippen molar-refractivity contribution in [3.05, 3.63) is 59.7 Å². The Morgan fingerprint density at radius 2 is 1.66 bits per heavy atom. The van der Waals surface area contributed by atoms with Gasteiger partial charge in [-0.15, -0.1) is 0 Å². The second-order valence-corrected chi connectivity index (χ2v) is 8.69. The normalized spacial score (nSPS) is 20.2. The number of fused-ring (bicyclic) bond motifs is 3. The number of carbonyl (C=O) groups is 3. The topological polar surface area (TPSA) is 105 Å². The standard InChI is InChI=1S/C25H28N2O5/c1-15(12-23(28)27-17-11-10-16(13-17)24(29)30)26-25(31)32-14-22-20-8-4-2-6-18(20)19-7-3-5-9-21(19)22/h2-9,15-17,22H,10-14H2,1H3,(H,26,31)(H,27,28)(H,29,30). The Balaban J connectivity index is 1.26. The molecule has 1 saturated carbocycles. The molecule has 3 atom stereocenters. The van der Waals surface area contributed by atoms with Gasteiger partial charge in [-0.2, -0.15) is 0 Å². The lowest BCUT2D eigenvalue weighted by Gasteiger charge is -2.18. The second kappa shape index (κ2) is 9.42. The quantitative estimate of drug-likeness (QED) is 0.614. The predicted octanol–water partition coefficient (Wildman–Crippen LogP) is 3.67. The van der Waals surface area contributed by atoms with Gasteiger partial charge in [0.25, 0.3) is 0 Å². The predicted molar refractivity (Wildman–Crippen MR) is 119 cm³/mol.